The van der Waals surface area contributed by atoms with Gasteiger partial charge in [-0.15, -0.1) is 0 Å². The van der Waals surface area contributed by atoms with Gasteiger partial charge in [-0.05, 0) is 0 Å². The van der Waals surface area contributed by atoms with Crippen LogP contribution in [-0.2, 0) is 4.74 Å². The highest BCUT2D eigenvalue weighted by atomic mass is 16.5. The molecule has 1 heterocycles. The number of nitrogens with zero attached hydrogens (tertiary/aromatic N) is 1. The van der Waals surface area contributed by atoms with Gasteiger partial charge in [-0.3, -0.25) is 4.90 Å². The van der Waals surface area contributed by atoms with E-state index < -0.39 is 0 Å². The third kappa shape index (κ3) is 3.49. The van der Waals surface area contributed by atoms with Crippen LogP contribution >= 0.6 is 0 Å². The summed E-state index contributed by atoms with van der Waals surface area (Å²) in [6.45, 7) is 5.09. The second kappa shape index (κ2) is 5.48. The summed E-state index contributed by atoms with van der Waals surface area (Å²) in [5.74, 6) is 0. The van der Waals surface area contributed by atoms with Crippen molar-refractivity contribution in [2.75, 3.05) is 46.4 Å². The number of aliphatic hydroxyl groups is 1. The highest BCUT2D eigenvalue weighted by Gasteiger charge is 2.14. The quantitative estimate of drug-likeness (QED) is 0.570. The first-order chi connectivity index (χ1) is 5.83. The van der Waals surface area contributed by atoms with Gasteiger partial charge in [-0.1, -0.05) is 0 Å². The molecule has 1 aliphatic heterocycles. The molecule has 72 valence electrons. The molecule has 0 amide bonds. The average Bonchev–Trinajstić information content (AvgIpc) is 2.26. The predicted octanol–water partition coefficient (Wildman–Crippen LogP) is -1.10. The molecule has 1 rings (SSSR count). The maximum absolute atomic E-state index is 9.41. The minimum Gasteiger partial charge on any atom is -0.390 e. The van der Waals surface area contributed by atoms with Crippen LogP contribution in [0.3, 0.4) is 0 Å². The van der Waals surface area contributed by atoms with Crippen LogP contribution < -0.4 is 5.32 Å². The van der Waals surface area contributed by atoms with Crippen LogP contribution in [0.25, 0.3) is 0 Å². The summed E-state index contributed by atoms with van der Waals surface area (Å²) < 4.78 is 4.98. The van der Waals surface area contributed by atoms with E-state index in [1.807, 2.05) is 0 Å². The molecule has 4 nitrogen and oxygen atoms in total. The van der Waals surface area contributed by atoms with Gasteiger partial charge in [0.15, 0.2) is 0 Å². The van der Waals surface area contributed by atoms with E-state index in [0.29, 0.717) is 6.54 Å². The number of rotatable bonds is 3. The first-order valence-electron chi connectivity index (χ1n) is 4.43. The van der Waals surface area contributed by atoms with Crippen LogP contribution in [0.1, 0.15) is 0 Å². The summed E-state index contributed by atoms with van der Waals surface area (Å²) in [5.41, 5.74) is 0. The maximum Gasteiger partial charge on any atom is 0.0791 e. The van der Waals surface area contributed by atoms with E-state index in [-0.39, 0.29) is 6.10 Å². The molecule has 1 fully saturated rings. The Bertz CT molecular complexity index is 122. The van der Waals surface area contributed by atoms with Gasteiger partial charge < -0.3 is 15.2 Å². The summed E-state index contributed by atoms with van der Waals surface area (Å²) in [6, 6.07) is 0. The van der Waals surface area contributed by atoms with Crippen molar-refractivity contribution in [1.82, 2.24) is 10.2 Å². The molecular weight excluding hydrogens is 156 g/mol. The van der Waals surface area contributed by atoms with Gasteiger partial charge in [-0.2, -0.15) is 0 Å². The monoisotopic (exact) mass is 174 g/mol. The number of aliphatic hydroxyl groups excluding tert-OH is 1. The van der Waals surface area contributed by atoms with Gasteiger partial charge in [0.1, 0.15) is 0 Å². The van der Waals surface area contributed by atoms with E-state index in [0.717, 1.165) is 32.8 Å². The molecule has 1 saturated heterocycles. The van der Waals surface area contributed by atoms with Crippen molar-refractivity contribution < 1.29 is 9.84 Å². The number of nitrogens with one attached hydrogen (secondary N) is 1. The second-order valence-electron chi connectivity index (χ2n) is 3.15. The standard InChI is InChI=1S/C8H18N2O2/c1-12-5-4-10-3-2-9-6-8(11)7-10/h8-9,11H,2-7H2,1H3. The zero-order valence-corrected chi connectivity index (χ0v) is 7.62. The predicted molar refractivity (Wildman–Crippen MR) is 47.2 cm³/mol. The van der Waals surface area contributed by atoms with Gasteiger partial charge in [-0.25, -0.2) is 0 Å². The lowest BCUT2D eigenvalue weighted by atomic mass is 10.3. The van der Waals surface area contributed by atoms with Gasteiger partial charge >= 0.3 is 0 Å². The molecule has 0 aromatic heterocycles. The van der Waals surface area contributed by atoms with Crippen molar-refractivity contribution in [1.29, 1.82) is 0 Å². The number of hydrogen-bond acceptors (Lipinski definition) is 4. The lowest BCUT2D eigenvalue weighted by molar-refractivity contribution is 0.104. The second-order valence-corrected chi connectivity index (χ2v) is 3.15. The van der Waals surface area contributed by atoms with Crippen LogP contribution in [0, 0.1) is 0 Å². The number of methoxy groups -OCH3 is 1. The Morgan fingerprint density at radius 3 is 3.25 bits per heavy atom. The molecule has 0 radical (unpaired) electrons. The Hall–Kier alpha value is -0.160. The third-order valence-corrected chi connectivity index (χ3v) is 2.07. The number of β-amino-alcohol motifs (C(OH)–C–C–N with tert-alkyl or cyclic N) is 1. The Kier molecular flexibility index (Phi) is 4.53. The topological polar surface area (TPSA) is 44.7 Å². The Labute approximate surface area is 73.5 Å². The van der Waals surface area contributed by atoms with Gasteiger partial charge in [0.05, 0.1) is 12.7 Å². The zero-order valence-electron chi connectivity index (χ0n) is 7.62. The first kappa shape index (κ1) is 9.92. The lowest BCUT2D eigenvalue weighted by Crippen LogP contribution is -2.35. The van der Waals surface area contributed by atoms with Crippen LogP contribution in [0.2, 0.25) is 0 Å². The molecule has 0 saturated carbocycles. The molecule has 2 N–H and O–H groups in total. The Morgan fingerprint density at radius 2 is 2.50 bits per heavy atom. The molecule has 0 aromatic rings. The minimum atomic E-state index is -0.232. The highest BCUT2D eigenvalue weighted by molar-refractivity contribution is 4.72. The highest BCUT2D eigenvalue weighted by Crippen LogP contribution is 1.95. The van der Waals surface area contributed by atoms with Crippen LogP contribution in [0.4, 0.5) is 0 Å². The number of hydrogen-bond donors (Lipinski definition) is 2. The fourth-order valence-corrected chi connectivity index (χ4v) is 1.38. The fraction of sp³-hybridized carbons (Fsp3) is 1.00. The van der Waals surface area contributed by atoms with Crippen LogP contribution in [0.5, 0.6) is 0 Å². The molecule has 1 atom stereocenters. The fourth-order valence-electron chi connectivity index (χ4n) is 1.38. The number of ether oxygens (including phenoxy) is 1. The van der Waals surface area contributed by atoms with Gasteiger partial charge in [0, 0.05) is 39.8 Å². The Balaban J connectivity index is 2.21. The average molecular weight is 174 g/mol. The summed E-state index contributed by atoms with van der Waals surface area (Å²) in [5, 5.41) is 12.6. The SMILES string of the molecule is COCCN1CCNCC(O)C1. The van der Waals surface area contributed by atoms with Crippen molar-refractivity contribution in [3.63, 3.8) is 0 Å². The molecular formula is C8H18N2O2. The van der Waals surface area contributed by atoms with Crippen molar-refractivity contribution in [3.8, 4) is 0 Å². The normalized spacial score (nSPS) is 27.0. The molecule has 1 unspecified atom stereocenters. The van der Waals surface area contributed by atoms with Gasteiger partial charge in [0.25, 0.3) is 0 Å². The van der Waals surface area contributed by atoms with E-state index in [1.54, 1.807) is 7.11 Å². The van der Waals surface area contributed by atoms with Crippen molar-refractivity contribution in [3.05, 3.63) is 0 Å². The van der Waals surface area contributed by atoms with Crippen LogP contribution in [0.15, 0.2) is 0 Å². The smallest absolute Gasteiger partial charge is 0.0791 e. The summed E-state index contributed by atoms with van der Waals surface area (Å²) >= 11 is 0. The maximum atomic E-state index is 9.41. The van der Waals surface area contributed by atoms with Gasteiger partial charge in [0.2, 0.25) is 0 Å². The lowest BCUT2D eigenvalue weighted by Gasteiger charge is -2.20. The zero-order chi connectivity index (χ0) is 8.81. The third-order valence-electron chi connectivity index (χ3n) is 2.07. The molecule has 0 aromatic carbocycles. The van der Waals surface area contributed by atoms with Crippen molar-refractivity contribution in [2.24, 2.45) is 0 Å². The van der Waals surface area contributed by atoms with Crippen LogP contribution in [-0.4, -0.2) is 62.6 Å². The largest absolute Gasteiger partial charge is 0.390 e. The minimum absolute atomic E-state index is 0.232. The summed E-state index contributed by atoms with van der Waals surface area (Å²) in [4.78, 5) is 2.22. The van der Waals surface area contributed by atoms with E-state index >= 15 is 0 Å². The van der Waals surface area contributed by atoms with E-state index in [4.69, 9.17) is 4.74 Å². The van der Waals surface area contributed by atoms with Crippen molar-refractivity contribution >= 4 is 0 Å². The molecule has 0 bridgehead atoms. The Morgan fingerprint density at radius 1 is 1.67 bits per heavy atom. The summed E-state index contributed by atoms with van der Waals surface area (Å²) in [6.07, 6.45) is -0.232. The van der Waals surface area contributed by atoms with E-state index in [9.17, 15) is 5.11 Å². The molecule has 4 heteroatoms. The summed E-state index contributed by atoms with van der Waals surface area (Å²) in [7, 11) is 1.70. The van der Waals surface area contributed by atoms with E-state index in [1.165, 1.54) is 0 Å². The van der Waals surface area contributed by atoms with E-state index in [2.05, 4.69) is 10.2 Å². The molecule has 1 aliphatic rings. The molecule has 12 heavy (non-hydrogen) atoms. The first-order valence-corrected chi connectivity index (χ1v) is 4.43. The molecule has 0 aliphatic carbocycles. The molecule has 0 spiro atoms. The van der Waals surface area contributed by atoms with Crippen molar-refractivity contribution in [2.45, 2.75) is 6.10 Å².